The van der Waals surface area contributed by atoms with Gasteiger partial charge in [0.15, 0.2) is 0 Å². The molecular formula is C23H26ClN3O3. The van der Waals surface area contributed by atoms with Crippen molar-refractivity contribution in [3.8, 4) is 17.0 Å². The first kappa shape index (κ1) is 20.7. The SMILES string of the molecule is CON=C1CCCCC1NC(=O)c1cnc(OCC2CC2)c(-c2ccc(Cl)cc2)c1. The Morgan fingerprint density at radius 2 is 2.03 bits per heavy atom. The average Bonchev–Trinajstić information content (AvgIpc) is 3.59. The number of hydrogen-bond acceptors (Lipinski definition) is 5. The average molecular weight is 428 g/mol. The van der Waals surface area contributed by atoms with Crippen molar-refractivity contribution in [3.05, 3.63) is 47.1 Å². The Hall–Kier alpha value is -2.60. The molecular weight excluding hydrogens is 402 g/mol. The Morgan fingerprint density at radius 3 is 2.77 bits per heavy atom. The molecule has 0 saturated heterocycles. The third-order valence-corrected chi connectivity index (χ3v) is 5.77. The maximum absolute atomic E-state index is 13.0. The van der Waals surface area contributed by atoms with Gasteiger partial charge in [-0.2, -0.15) is 0 Å². The van der Waals surface area contributed by atoms with Crippen molar-refractivity contribution in [1.82, 2.24) is 10.3 Å². The van der Waals surface area contributed by atoms with E-state index in [1.807, 2.05) is 30.3 Å². The molecule has 0 spiro atoms. The van der Waals surface area contributed by atoms with Gasteiger partial charge in [0.05, 0.1) is 23.9 Å². The van der Waals surface area contributed by atoms with Crippen LogP contribution in [0.1, 0.15) is 48.9 Å². The molecule has 0 radical (unpaired) electrons. The molecule has 30 heavy (non-hydrogen) atoms. The molecule has 2 aliphatic carbocycles. The molecule has 2 aromatic rings. The van der Waals surface area contributed by atoms with Crippen molar-refractivity contribution >= 4 is 23.2 Å². The monoisotopic (exact) mass is 427 g/mol. The fourth-order valence-corrected chi connectivity index (χ4v) is 3.75. The maximum atomic E-state index is 13.0. The largest absolute Gasteiger partial charge is 0.477 e. The summed E-state index contributed by atoms with van der Waals surface area (Å²) in [5.74, 6) is 0.972. The van der Waals surface area contributed by atoms with Gasteiger partial charge < -0.3 is 14.9 Å². The number of amides is 1. The Balaban J connectivity index is 1.57. The van der Waals surface area contributed by atoms with E-state index in [4.69, 9.17) is 21.2 Å². The summed E-state index contributed by atoms with van der Waals surface area (Å²) in [6.07, 6.45) is 7.77. The number of benzene rings is 1. The lowest BCUT2D eigenvalue weighted by Gasteiger charge is -2.24. The van der Waals surface area contributed by atoms with Gasteiger partial charge in [0.2, 0.25) is 5.88 Å². The van der Waals surface area contributed by atoms with E-state index in [-0.39, 0.29) is 11.9 Å². The topological polar surface area (TPSA) is 72.8 Å². The van der Waals surface area contributed by atoms with E-state index in [9.17, 15) is 4.79 Å². The number of ether oxygens (including phenoxy) is 1. The van der Waals surface area contributed by atoms with Crippen LogP contribution in [-0.4, -0.2) is 36.4 Å². The highest BCUT2D eigenvalue weighted by Crippen LogP contribution is 2.33. The third kappa shape index (κ3) is 5.11. The number of rotatable bonds is 7. The van der Waals surface area contributed by atoms with E-state index >= 15 is 0 Å². The van der Waals surface area contributed by atoms with Crippen LogP contribution < -0.4 is 10.1 Å². The summed E-state index contributed by atoms with van der Waals surface area (Å²) in [6.45, 7) is 0.651. The van der Waals surface area contributed by atoms with Crippen LogP contribution in [0.15, 0.2) is 41.7 Å². The Kier molecular flexibility index (Phi) is 6.53. The normalized spacial score (nSPS) is 20.1. The zero-order valence-electron chi connectivity index (χ0n) is 17.1. The van der Waals surface area contributed by atoms with E-state index in [1.165, 1.54) is 20.0 Å². The number of nitrogens with one attached hydrogen (secondary N) is 1. The summed E-state index contributed by atoms with van der Waals surface area (Å²) < 4.78 is 5.97. The Bertz CT molecular complexity index is 926. The second kappa shape index (κ2) is 9.47. The van der Waals surface area contributed by atoms with Crippen LogP contribution in [0.25, 0.3) is 11.1 Å². The van der Waals surface area contributed by atoms with Crippen molar-refractivity contribution in [2.75, 3.05) is 13.7 Å². The number of oxime groups is 1. The highest BCUT2D eigenvalue weighted by molar-refractivity contribution is 6.30. The molecule has 6 nitrogen and oxygen atoms in total. The maximum Gasteiger partial charge on any atom is 0.253 e. The zero-order chi connectivity index (χ0) is 20.9. The predicted octanol–water partition coefficient (Wildman–Crippen LogP) is 4.87. The lowest BCUT2D eigenvalue weighted by molar-refractivity contribution is 0.0942. The highest BCUT2D eigenvalue weighted by atomic mass is 35.5. The molecule has 1 aromatic carbocycles. The molecule has 1 unspecified atom stereocenters. The van der Waals surface area contributed by atoms with E-state index in [2.05, 4.69) is 15.5 Å². The van der Waals surface area contributed by atoms with Gasteiger partial charge in [-0.05, 0) is 61.8 Å². The lowest BCUT2D eigenvalue weighted by Crippen LogP contribution is -2.42. The number of halogens is 1. The lowest BCUT2D eigenvalue weighted by atomic mass is 9.93. The predicted molar refractivity (Wildman–Crippen MR) is 117 cm³/mol. The zero-order valence-corrected chi connectivity index (χ0v) is 17.8. The van der Waals surface area contributed by atoms with Gasteiger partial charge in [-0.1, -0.05) is 35.3 Å². The molecule has 2 aliphatic rings. The number of nitrogens with zero attached hydrogens (tertiary/aromatic N) is 2. The first-order valence-corrected chi connectivity index (χ1v) is 10.8. The molecule has 1 aromatic heterocycles. The second-order valence-electron chi connectivity index (χ2n) is 7.88. The van der Waals surface area contributed by atoms with Crippen molar-refractivity contribution in [1.29, 1.82) is 0 Å². The second-order valence-corrected chi connectivity index (χ2v) is 8.31. The van der Waals surface area contributed by atoms with E-state index in [0.29, 0.717) is 29.0 Å². The summed E-state index contributed by atoms with van der Waals surface area (Å²) in [5, 5.41) is 7.84. The number of aromatic nitrogens is 1. The fraction of sp³-hybridized carbons (Fsp3) is 0.435. The molecule has 0 bridgehead atoms. The molecule has 2 saturated carbocycles. The Morgan fingerprint density at radius 1 is 1.23 bits per heavy atom. The molecule has 2 fully saturated rings. The minimum absolute atomic E-state index is 0.115. The van der Waals surface area contributed by atoms with Crippen LogP contribution in [-0.2, 0) is 4.84 Å². The summed E-state index contributed by atoms with van der Waals surface area (Å²) >= 11 is 6.05. The first-order valence-electron chi connectivity index (χ1n) is 10.4. The standard InChI is InChI=1S/C23H26ClN3O3/c1-29-27-21-5-3-2-4-20(21)26-22(28)17-12-19(16-8-10-18(24)11-9-16)23(25-13-17)30-14-15-6-7-15/h8-13,15,20H,2-7,14H2,1H3,(H,26,28). The van der Waals surface area contributed by atoms with Crippen molar-refractivity contribution in [2.45, 2.75) is 44.6 Å². The minimum atomic E-state index is -0.179. The first-order chi connectivity index (χ1) is 14.6. The summed E-state index contributed by atoms with van der Waals surface area (Å²) in [5.41, 5.74) is 3.06. The molecule has 7 heteroatoms. The van der Waals surface area contributed by atoms with Gasteiger partial charge in [-0.25, -0.2) is 4.98 Å². The summed E-state index contributed by atoms with van der Waals surface area (Å²) in [7, 11) is 1.53. The van der Waals surface area contributed by atoms with E-state index in [1.54, 1.807) is 6.20 Å². The summed E-state index contributed by atoms with van der Waals surface area (Å²) in [6, 6.07) is 9.19. The van der Waals surface area contributed by atoms with Crippen LogP contribution in [0.4, 0.5) is 0 Å². The number of carbonyl (C=O) groups excluding carboxylic acids is 1. The Labute approximate surface area is 181 Å². The third-order valence-electron chi connectivity index (χ3n) is 5.51. The summed E-state index contributed by atoms with van der Waals surface area (Å²) in [4.78, 5) is 22.4. The van der Waals surface area contributed by atoms with Crippen LogP contribution in [0.2, 0.25) is 5.02 Å². The van der Waals surface area contributed by atoms with Gasteiger partial charge in [-0.3, -0.25) is 4.79 Å². The molecule has 1 heterocycles. The minimum Gasteiger partial charge on any atom is -0.477 e. The molecule has 1 N–H and O–H groups in total. The van der Waals surface area contributed by atoms with Gasteiger partial charge in [-0.15, -0.1) is 0 Å². The van der Waals surface area contributed by atoms with Crippen molar-refractivity contribution in [3.63, 3.8) is 0 Å². The fourth-order valence-electron chi connectivity index (χ4n) is 3.63. The van der Waals surface area contributed by atoms with Gasteiger partial charge in [0, 0.05) is 16.8 Å². The van der Waals surface area contributed by atoms with Crippen molar-refractivity contribution in [2.24, 2.45) is 11.1 Å². The molecule has 4 rings (SSSR count). The van der Waals surface area contributed by atoms with Crippen molar-refractivity contribution < 1.29 is 14.4 Å². The van der Waals surface area contributed by atoms with Gasteiger partial charge in [0.1, 0.15) is 7.11 Å². The van der Waals surface area contributed by atoms with Crippen LogP contribution >= 0.6 is 11.6 Å². The van der Waals surface area contributed by atoms with Gasteiger partial charge in [0.25, 0.3) is 5.91 Å². The van der Waals surface area contributed by atoms with Crippen LogP contribution in [0.5, 0.6) is 5.88 Å². The van der Waals surface area contributed by atoms with Crippen LogP contribution in [0, 0.1) is 5.92 Å². The number of pyridine rings is 1. The van der Waals surface area contributed by atoms with Crippen LogP contribution in [0.3, 0.4) is 0 Å². The number of hydrogen-bond donors (Lipinski definition) is 1. The smallest absolute Gasteiger partial charge is 0.253 e. The number of carbonyl (C=O) groups is 1. The molecule has 158 valence electrons. The van der Waals surface area contributed by atoms with Gasteiger partial charge >= 0.3 is 0 Å². The molecule has 0 aliphatic heterocycles. The van der Waals surface area contributed by atoms with E-state index < -0.39 is 0 Å². The van der Waals surface area contributed by atoms with E-state index in [0.717, 1.165) is 42.5 Å². The molecule has 1 amide bonds. The highest BCUT2D eigenvalue weighted by Gasteiger charge is 2.25. The molecule has 1 atom stereocenters. The quantitative estimate of drug-likeness (QED) is 0.640.